The van der Waals surface area contributed by atoms with E-state index in [1.165, 1.54) is 6.07 Å². The maximum atomic E-state index is 12.4. The molecule has 0 saturated carbocycles. The highest BCUT2D eigenvalue weighted by molar-refractivity contribution is 5.52. The normalized spacial score (nSPS) is 13.2. The van der Waals surface area contributed by atoms with Gasteiger partial charge >= 0.3 is 6.18 Å². The lowest BCUT2D eigenvalue weighted by Crippen LogP contribution is -2.28. The van der Waals surface area contributed by atoms with Crippen LogP contribution in [0.2, 0.25) is 0 Å². The van der Waals surface area contributed by atoms with Gasteiger partial charge in [-0.25, -0.2) is 0 Å². The molecule has 0 amide bonds. The highest BCUT2D eigenvalue weighted by Crippen LogP contribution is 2.28. The zero-order chi connectivity index (χ0) is 13.8. The van der Waals surface area contributed by atoms with Crippen molar-refractivity contribution in [2.75, 3.05) is 11.9 Å². The van der Waals surface area contributed by atoms with Crippen molar-refractivity contribution in [3.63, 3.8) is 0 Å². The zero-order valence-corrected chi connectivity index (χ0v) is 10.3. The van der Waals surface area contributed by atoms with Gasteiger partial charge in [0.25, 0.3) is 0 Å². The standard InChI is InChI=1S/C13H15F3N2/c1-9(2)11-5-3-4-6-12(11)18-8-10(7-17)13(14,15)16/h3-6,9-10,18H,8H2,1-2H3. The monoisotopic (exact) mass is 256 g/mol. The number of rotatable bonds is 4. The summed E-state index contributed by atoms with van der Waals surface area (Å²) in [6.45, 7) is 3.50. The van der Waals surface area contributed by atoms with E-state index in [0.717, 1.165) is 5.56 Å². The van der Waals surface area contributed by atoms with E-state index < -0.39 is 18.6 Å². The smallest absolute Gasteiger partial charge is 0.383 e. The van der Waals surface area contributed by atoms with Gasteiger partial charge in [0.15, 0.2) is 5.92 Å². The number of nitrogens with one attached hydrogen (secondary N) is 1. The molecule has 2 nitrogen and oxygen atoms in total. The number of hydrogen-bond acceptors (Lipinski definition) is 2. The minimum atomic E-state index is -4.49. The van der Waals surface area contributed by atoms with Crippen LogP contribution in [0, 0.1) is 17.2 Å². The van der Waals surface area contributed by atoms with Crippen LogP contribution >= 0.6 is 0 Å². The Bertz CT molecular complexity index is 433. The van der Waals surface area contributed by atoms with Crippen molar-refractivity contribution < 1.29 is 13.2 Å². The number of benzene rings is 1. The summed E-state index contributed by atoms with van der Waals surface area (Å²) in [6, 6.07) is 8.45. The van der Waals surface area contributed by atoms with Crippen LogP contribution in [0.4, 0.5) is 18.9 Å². The maximum Gasteiger partial charge on any atom is 0.406 e. The number of nitriles is 1. The lowest BCUT2D eigenvalue weighted by molar-refractivity contribution is -0.155. The quantitative estimate of drug-likeness (QED) is 0.886. The van der Waals surface area contributed by atoms with Gasteiger partial charge in [-0.1, -0.05) is 32.0 Å². The molecule has 18 heavy (non-hydrogen) atoms. The Balaban J connectivity index is 2.78. The topological polar surface area (TPSA) is 35.8 Å². The predicted octanol–water partition coefficient (Wildman–Crippen LogP) is 3.92. The van der Waals surface area contributed by atoms with E-state index >= 15 is 0 Å². The zero-order valence-electron chi connectivity index (χ0n) is 10.3. The summed E-state index contributed by atoms with van der Waals surface area (Å²) < 4.78 is 37.3. The van der Waals surface area contributed by atoms with Crippen LogP contribution in [-0.2, 0) is 0 Å². The minimum absolute atomic E-state index is 0.208. The molecular formula is C13H15F3N2. The van der Waals surface area contributed by atoms with Crippen LogP contribution < -0.4 is 5.32 Å². The molecule has 0 fully saturated rings. The first-order valence-corrected chi connectivity index (χ1v) is 5.65. The molecule has 0 spiro atoms. The molecule has 0 aromatic heterocycles. The fraction of sp³-hybridized carbons (Fsp3) is 0.462. The molecule has 5 heteroatoms. The molecule has 0 saturated heterocycles. The van der Waals surface area contributed by atoms with Crippen LogP contribution in [0.3, 0.4) is 0 Å². The molecule has 0 bridgehead atoms. The SMILES string of the molecule is CC(C)c1ccccc1NCC(C#N)C(F)(F)F. The molecule has 1 unspecified atom stereocenters. The van der Waals surface area contributed by atoms with Gasteiger partial charge in [0.1, 0.15) is 0 Å². The van der Waals surface area contributed by atoms with Gasteiger partial charge in [0, 0.05) is 12.2 Å². The van der Waals surface area contributed by atoms with Crippen molar-refractivity contribution in [1.29, 1.82) is 5.26 Å². The van der Waals surface area contributed by atoms with Gasteiger partial charge in [-0.3, -0.25) is 0 Å². The van der Waals surface area contributed by atoms with Gasteiger partial charge < -0.3 is 5.32 Å². The average Bonchev–Trinajstić information content (AvgIpc) is 2.28. The van der Waals surface area contributed by atoms with Crippen LogP contribution in [0.1, 0.15) is 25.3 Å². The Hall–Kier alpha value is -1.70. The molecular weight excluding hydrogens is 241 g/mol. The number of anilines is 1. The number of hydrogen-bond donors (Lipinski definition) is 1. The number of nitrogens with zero attached hydrogens (tertiary/aromatic N) is 1. The molecule has 0 aliphatic heterocycles. The highest BCUT2D eigenvalue weighted by atomic mass is 19.4. The summed E-state index contributed by atoms with van der Waals surface area (Å²) >= 11 is 0. The number of halogens is 3. The molecule has 1 N–H and O–H groups in total. The molecule has 0 aliphatic rings. The molecule has 1 atom stereocenters. The van der Waals surface area contributed by atoms with Gasteiger partial charge in [0.2, 0.25) is 0 Å². The van der Waals surface area contributed by atoms with Crippen molar-refractivity contribution in [1.82, 2.24) is 0 Å². The summed E-state index contributed by atoms with van der Waals surface area (Å²) in [7, 11) is 0. The first kappa shape index (κ1) is 14.4. The second kappa shape index (κ2) is 5.76. The second-order valence-corrected chi connectivity index (χ2v) is 4.35. The molecule has 1 rings (SSSR count). The fourth-order valence-electron chi connectivity index (χ4n) is 1.61. The molecule has 0 aliphatic carbocycles. The van der Waals surface area contributed by atoms with E-state index in [2.05, 4.69) is 5.32 Å². The first-order valence-electron chi connectivity index (χ1n) is 5.65. The first-order chi connectivity index (χ1) is 8.36. The largest absolute Gasteiger partial charge is 0.406 e. The van der Waals surface area contributed by atoms with Gasteiger partial charge in [-0.05, 0) is 17.5 Å². The lowest BCUT2D eigenvalue weighted by Gasteiger charge is -2.18. The average molecular weight is 256 g/mol. The van der Waals surface area contributed by atoms with E-state index in [1.54, 1.807) is 12.1 Å². The summed E-state index contributed by atoms with van der Waals surface area (Å²) in [5.41, 5.74) is 1.59. The molecule has 98 valence electrons. The van der Waals surface area contributed by atoms with Crippen LogP contribution in [0.25, 0.3) is 0 Å². The molecule has 1 aromatic carbocycles. The van der Waals surface area contributed by atoms with Crippen LogP contribution in [-0.4, -0.2) is 12.7 Å². The van der Waals surface area contributed by atoms with E-state index in [9.17, 15) is 13.2 Å². The van der Waals surface area contributed by atoms with Crippen molar-refractivity contribution in [3.05, 3.63) is 29.8 Å². The Kier molecular flexibility index (Phi) is 4.60. The van der Waals surface area contributed by atoms with Gasteiger partial charge in [-0.15, -0.1) is 0 Å². The second-order valence-electron chi connectivity index (χ2n) is 4.35. The third-order valence-electron chi connectivity index (χ3n) is 2.63. The van der Waals surface area contributed by atoms with Crippen molar-refractivity contribution >= 4 is 5.69 Å². The Morgan fingerprint density at radius 1 is 1.28 bits per heavy atom. The molecule has 0 heterocycles. The third kappa shape index (κ3) is 3.66. The van der Waals surface area contributed by atoms with E-state index in [1.807, 2.05) is 26.0 Å². The van der Waals surface area contributed by atoms with Crippen LogP contribution in [0.5, 0.6) is 0 Å². The number of para-hydroxylation sites is 1. The summed E-state index contributed by atoms with van der Waals surface area (Å²) in [5.74, 6) is -1.78. The van der Waals surface area contributed by atoms with E-state index in [-0.39, 0.29) is 5.92 Å². The predicted molar refractivity (Wildman–Crippen MR) is 64.2 cm³/mol. The van der Waals surface area contributed by atoms with Crippen LogP contribution in [0.15, 0.2) is 24.3 Å². The summed E-state index contributed by atoms with van der Waals surface area (Å²) in [4.78, 5) is 0. The maximum absolute atomic E-state index is 12.4. The lowest BCUT2D eigenvalue weighted by atomic mass is 10.0. The van der Waals surface area contributed by atoms with Gasteiger partial charge in [-0.2, -0.15) is 18.4 Å². The Labute approximate surface area is 104 Å². The highest BCUT2D eigenvalue weighted by Gasteiger charge is 2.39. The number of alkyl halides is 3. The van der Waals surface area contributed by atoms with E-state index in [4.69, 9.17) is 5.26 Å². The third-order valence-corrected chi connectivity index (χ3v) is 2.63. The van der Waals surface area contributed by atoms with Crippen molar-refractivity contribution in [3.8, 4) is 6.07 Å². The Morgan fingerprint density at radius 3 is 2.39 bits per heavy atom. The summed E-state index contributed by atoms with van der Waals surface area (Å²) in [5, 5.41) is 11.2. The van der Waals surface area contributed by atoms with E-state index in [0.29, 0.717) is 5.69 Å². The minimum Gasteiger partial charge on any atom is -0.383 e. The fourth-order valence-corrected chi connectivity index (χ4v) is 1.61. The molecule has 1 aromatic rings. The van der Waals surface area contributed by atoms with Gasteiger partial charge in [0.05, 0.1) is 6.07 Å². The van der Waals surface area contributed by atoms with Crippen molar-refractivity contribution in [2.24, 2.45) is 5.92 Å². The molecule has 0 radical (unpaired) electrons. The Morgan fingerprint density at radius 2 is 1.89 bits per heavy atom. The summed E-state index contributed by atoms with van der Waals surface area (Å²) in [6.07, 6.45) is -4.49. The van der Waals surface area contributed by atoms with Crippen molar-refractivity contribution in [2.45, 2.75) is 25.9 Å².